The van der Waals surface area contributed by atoms with Gasteiger partial charge in [-0.3, -0.25) is 9.52 Å². The molecule has 2 N–H and O–H groups in total. The lowest BCUT2D eigenvalue weighted by Crippen LogP contribution is -2.17. The quantitative estimate of drug-likeness (QED) is 0.826. The van der Waals surface area contributed by atoms with Crippen molar-refractivity contribution in [3.05, 3.63) is 59.4 Å². The third-order valence-corrected chi connectivity index (χ3v) is 4.38. The van der Waals surface area contributed by atoms with Crippen molar-refractivity contribution in [3.63, 3.8) is 0 Å². The third-order valence-electron chi connectivity index (χ3n) is 3.00. The van der Waals surface area contributed by atoms with Crippen LogP contribution in [0.3, 0.4) is 0 Å². The van der Waals surface area contributed by atoms with Gasteiger partial charge >= 0.3 is 0 Å². The molecule has 0 saturated heterocycles. The van der Waals surface area contributed by atoms with Crippen molar-refractivity contribution in [1.82, 2.24) is 0 Å². The molecule has 0 saturated carbocycles. The third kappa shape index (κ3) is 3.49. The first-order valence-corrected chi connectivity index (χ1v) is 7.85. The lowest BCUT2D eigenvalue weighted by molar-refractivity contribution is 0.0904. The smallest absolute Gasteiger partial charge is 0.261 e. The number of carbonyl (C=O) groups is 1. The number of carbonyl (C=O) groups excluding carboxylic acids is 1. The van der Waals surface area contributed by atoms with Crippen LogP contribution in [0.15, 0.2) is 47.4 Å². The van der Waals surface area contributed by atoms with Crippen molar-refractivity contribution in [2.24, 2.45) is 0 Å². The predicted octanol–water partition coefficient (Wildman–Crippen LogP) is 2.11. The van der Waals surface area contributed by atoms with Gasteiger partial charge in [0.15, 0.2) is 5.78 Å². The molecule has 0 aromatic heterocycles. The van der Waals surface area contributed by atoms with Crippen molar-refractivity contribution < 1.29 is 22.7 Å². The number of Topliss-reactive ketones (excluding diaryl/α,β-unsaturated/α-hetero) is 1. The van der Waals surface area contributed by atoms with E-state index in [0.717, 1.165) is 23.8 Å². The first-order chi connectivity index (χ1) is 10.3. The molecule has 0 atom stereocenters. The Bertz CT molecular complexity index is 801. The second kappa shape index (κ2) is 6.25. The molecular weight excluding hydrogens is 309 g/mol. The van der Waals surface area contributed by atoms with Gasteiger partial charge in [-0.1, -0.05) is 17.7 Å². The summed E-state index contributed by atoms with van der Waals surface area (Å²) in [7, 11) is -3.91. The maximum Gasteiger partial charge on any atom is 0.261 e. The van der Waals surface area contributed by atoms with Crippen LogP contribution in [0.5, 0.6) is 0 Å². The normalized spacial score (nSPS) is 11.2. The lowest BCUT2D eigenvalue weighted by atomic mass is 10.1. The fourth-order valence-electron chi connectivity index (χ4n) is 1.84. The Morgan fingerprint density at radius 3 is 2.41 bits per heavy atom. The molecular formula is C15H14FNO4S. The number of hydrogen-bond donors (Lipinski definition) is 2. The molecule has 0 aliphatic carbocycles. The number of aliphatic hydroxyl groups is 1. The Hall–Kier alpha value is -2.25. The maximum atomic E-state index is 13.2. The van der Waals surface area contributed by atoms with Crippen LogP contribution in [-0.2, 0) is 10.0 Å². The Morgan fingerprint density at radius 1 is 1.18 bits per heavy atom. The highest BCUT2D eigenvalue weighted by molar-refractivity contribution is 7.92. The molecule has 7 heteroatoms. The van der Waals surface area contributed by atoms with Gasteiger partial charge in [-0.15, -0.1) is 0 Å². The lowest BCUT2D eigenvalue weighted by Gasteiger charge is -2.12. The highest BCUT2D eigenvalue weighted by Crippen LogP contribution is 2.22. The van der Waals surface area contributed by atoms with Crippen molar-refractivity contribution in [2.45, 2.75) is 11.8 Å². The van der Waals surface area contributed by atoms with E-state index in [4.69, 9.17) is 5.11 Å². The molecule has 0 amide bonds. The average Bonchev–Trinajstić information content (AvgIpc) is 2.48. The van der Waals surface area contributed by atoms with E-state index >= 15 is 0 Å². The van der Waals surface area contributed by atoms with E-state index in [0.29, 0.717) is 0 Å². The zero-order valence-electron chi connectivity index (χ0n) is 11.7. The number of hydrogen-bond acceptors (Lipinski definition) is 4. The molecule has 22 heavy (non-hydrogen) atoms. The van der Waals surface area contributed by atoms with E-state index in [1.165, 1.54) is 12.1 Å². The standard InChI is InChI=1S/C15H14FNO4S/c1-10-2-5-12(6-3-10)22(20,21)17-14-7-4-11(16)8-13(14)15(19)9-18/h2-8,17-18H,9H2,1H3. The van der Waals surface area contributed by atoms with E-state index in [1.54, 1.807) is 12.1 Å². The fraction of sp³-hybridized carbons (Fsp3) is 0.133. The number of aliphatic hydroxyl groups excluding tert-OH is 1. The topological polar surface area (TPSA) is 83.5 Å². The summed E-state index contributed by atoms with van der Waals surface area (Å²) in [6.45, 7) is 0.977. The highest BCUT2D eigenvalue weighted by Gasteiger charge is 2.19. The second-order valence-corrected chi connectivity index (χ2v) is 6.37. The number of benzene rings is 2. The molecule has 0 fully saturated rings. The molecule has 2 aromatic carbocycles. The van der Waals surface area contributed by atoms with Crippen LogP contribution in [-0.4, -0.2) is 25.9 Å². The molecule has 5 nitrogen and oxygen atoms in total. The Labute approximate surface area is 127 Å². The number of anilines is 1. The van der Waals surface area contributed by atoms with E-state index < -0.39 is 28.2 Å². The number of sulfonamides is 1. The molecule has 0 bridgehead atoms. The van der Waals surface area contributed by atoms with Crippen LogP contribution in [0.2, 0.25) is 0 Å². The summed E-state index contributed by atoms with van der Waals surface area (Å²) < 4.78 is 40.0. The molecule has 116 valence electrons. The van der Waals surface area contributed by atoms with Crippen LogP contribution < -0.4 is 4.72 Å². The fourth-order valence-corrected chi connectivity index (χ4v) is 2.92. The zero-order chi connectivity index (χ0) is 16.3. The number of nitrogens with one attached hydrogen (secondary N) is 1. The molecule has 0 unspecified atom stereocenters. The van der Waals surface area contributed by atoms with Gasteiger partial charge in [-0.05, 0) is 37.3 Å². The van der Waals surface area contributed by atoms with Gasteiger partial charge in [0.2, 0.25) is 0 Å². The molecule has 2 aromatic rings. The monoisotopic (exact) mass is 323 g/mol. The summed E-state index contributed by atoms with van der Waals surface area (Å²) in [6, 6.07) is 9.18. The number of rotatable bonds is 5. The predicted molar refractivity (Wildman–Crippen MR) is 79.8 cm³/mol. The van der Waals surface area contributed by atoms with E-state index in [-0.39, 0.29) is 16.1 Å². The van der Waals surface area contributed by atoms with Crippen LogP contribution in [0.4, 0.5) is 10.1 Å². The molecule has 2 rings (SSSR count). The Kier molecular flexibility index (Phi) is 4.58. The van der Waals surface area contributed by atoms with E-state index in [2.05, 4.69) is 4.72 Å². The van der Waals surface area contributed by atoms with Gasteiger partial charge in [-0.25, -0.2) is 12.8 Å². The van der Waals surface area contributed by atoms with Gasteiger partial charge in [0, 0.05) is 5.56 Å². The second-order valence-electron chi connectivity index (χ2n) is 4.69. The summed E-state index contributed by atoms with van der Waals surface area (Å²) >= 11 is 0. The summed E-state index contributed by atoms with van der Waals surface area (Å²) in [4.78, 5) is 11.6. The summed E-state index contributed by atoms with van der Waals surface area (Å²) in [5.41, 5.74) is 0.594. The number of aryl methyl sites for hydroxylation is 1. The van der Waals surface area contributed by atoms with E-state index in [1.807, 2.05) is 6.92 Å². The molecule has 0 spiro atoms. The minimum absolute atomic E-state index is 0.0184. The van der Waals surface area contributed by atoms with Crippen molar-refractivity contribution in [2.75, 3.05) is 11.3 Å². The number of halogens is 1. The van der Waals surface area contributed by atoms with Crippen LogP contribution >= 0.6 is 0 Å². The summed E-state index contributed by atoms with van der Waals surface area (Å²) in [5.74, 6) is -1.48. The van der Waals surface area contributed by atoms with Crippen LogP contribution in [0, 0.1) is 12.7 Å². The Morgan fingerprint density at radius 2 is 1.82 bits per heavy atom. The zero-order valence-corrected chi connectivity index (χ0v) is 12.5. The average molecular weight is 323 g/mol. The molecule has 0 aliphatic heterocycles. The van der Waals surface area contributed by atoms with Crippen LogP contribution in [0.1, 0.15) is 15.9 Å². The molecule has 0 heterocycles. The highest BCUT2D eigenvalue weighted by atomic mass is 32.2. The first-order valence-electron chi connectivity index (χ1n) is 6.36. The molecule has 0 aliphatic rings. The number of ketones is 1. The van der Waals surface area contributed by atoms with Crippen LogP contribution in [0.25, 0.3) is 0 Å². The van der Waals surface area contributed by atoms with Crippen molar-refractivity contribution in [3.8, 4) is 0 Å². The van der Waals surface area contributed by atoms with Gasteiger partial charge in [0.05, 0.1) is 10.6 Å². The minimum Gasteiger partial charge on any atom is -0.388 e. The van der Waals surface area contributed by atoms with Gasteiger partial charge in [0.25, 0.3) is 10.0 Å². The van der Waals surface area contributed by atoms with Gasteiger partial charge < -0.3 is 5.11 Å². The largest absolute Gasteiger partial charge is 0.388 e. The van der Waals surface area contributed by atoms with Crippen molar-refractivity contribution in [1.29, 1.82) is 0 Å². The maximum absolute atomic E-state index is 13.2. The summed E-state index contributed by atoms with van der Waals surface area (Å²) in [5, 5.41) is 8.90. The summed E-state index contributed by atoms with van der Waals surface area (Å²) in [6.07, 6.45) is 0. The molecule has 0 radical (unpaired) electrons. The van der Waals surface area contributed by atoms with E-state index in [9.17, 15) is 17.6 Å². The first kappa shape index (κ1) is 16.1. The SMILES string of the molecule is Cc1ccc(S(=O)(=O)Nc2ccc(F)cc2C(=O)CO)cc1. The van der Waals surface area contributed by atoms with Gasteiger partial charge in [-0.2, -0.15) is 0 Å². The van der Waals surface area contributed by atoms with Gasteiger partial charge in [0.1, 0.15) is 12.4 Å². The van der Waals surface area contributed by atoms with Crippen molar-refractivity contribution >= 4 is 21.5 Å². The minimum atomic E-state index is -3.91. The Balaban J connectivity index is 2.41.